The molecule has 0 fully saturated rings. The van der Waals surface area contributed by atoms with E-state index in [1.807, 2.05) is 17.0 Å². The highest BCUT2D eigenvalue weighted by Crippen LogP contribution is 2.27. The van der Waals surface area contributed by atoms with Gasteiger partial charge in [0.15, 0.2) is 5.84 Å². The smallest absolute Gasteiger partial charge is 0.285 e. The summed E-state index contributed by atoms with van der Waals surface area (Å²) in [6.45, 7) is 3.70. The molecule has 0 unspecified atom stereocenters. The summed E-state index contributed by atoms with van der Waals surface area (Å²) in [4.78, 5) is 2.36. The zero-order chi connectivity index (χ0) is 13.9. The first-order valence-corrected chi connectivity index (χ1v) is 8.91. The molecule has 1 heterocycles. The van der Waals surface area contributed by atoms with Crippen LogP contribution in [0.3, 0.4) is 0 Å². The van der Waals surface area contributed by atoms with Crippen LogP contribution in [0.25, 0.3) is 0 Å². The van der Waals surface area contributed by atoms with E-state index in [0.29, 0.717) is 10.7 Å². The summed E-state index contributed by atoms with van der Waals surface area (Å²) >= 11 is 3.41. The van der Waals surface area contributed by atoms with Gasteiger partial charge in [-0.25, -0.2) is 0 Å². The highest BCUT2D eigenvalue weighted by atomic mass is 79.9. The quantitative estimate of drug-likeness (QED) is 0.771. The molecule has 0 radical (unpaired) electrons. The van der Waals surface area contributed by atoms with E-state index >= 15 is 0 Å². The minimum Gasteiger partial charge on any atom is -0.355 e. The third-order valence-corrected chi connectivity index (χ3v) is 4.73. The lowest BCUT2D eigenvalue weighted by molar-refractivity contribution is 0.434. The number of halogens is 1. The van der Waals surface area contributed by atoms with Gasteiger partial charge < -0.3 is 4.90 Å². The van der Waals surface area contributed by atoms with Gasteiger partial charge in [-0.2, -0.15) is 8.42 Å². The third kappa shape index (κ3) is 3.00. The Labute approximate surface area is 122 Å². The summed E-state index contributed by atoms with van der Waals surface area (Å²) in [6.07, 6.45) is 2.09. The standard InChI is InChI=1S/C13H17BrN2O2S/c1-2-3-9-16(10-8-14)13-11-6-4-5-7-12(11)19(17,18)15-13/h4-7H,2-3,8-10H2,1H3. The molecule has 0 N–H and O–H groups in total. The van der Waals surface area contributed by atoms with Crippen LogP contribution in [0.5, 0.6) is 0 Å². The van der Waals surface area contributed by atoms with E-state index in [0.717, 1.165) is 36.8 Å². The molecule has 0 bridgehead atoms. The second kappa shape index (κ2) is 6.05. The zero-order valence-electron chi connectivity index (χ0n) is 10.8. The van der Waals surface area contributed by atoms with Crippen LogP contribution in [0.1, 0.15) is 25.3 Å². The summed E-state index contributed by atoms with van der Waals surface area (Å²) in [5.41, 5.74) is 0.722. The van der Waals surface area contributed by atoms with Gasteiger partial charge in [0.2, 0.25) is 0 Å². The summed E-state index contributed by atoms with van der Waals surface area (Å²) in [5, 5.41) is 0.790. The van der Waals surface area contributed by atoms with Gasteiger partial charge in [-0.1, -0.05) is 41.4 Å². The molecular formula is C13H17BrN2O2S. The maximum absolute atomic E-state index is 12.0. The van der Waals surface area contributed by atoms with Crippen molar-refractivity contribution >= 4 is 31.8 Å². The number of benzene rings is 1. The molecule has 4 nitrogen and oxygen atoms in total. The molecule has 2 rings (SSSR count). The second-order valence-electron chi connectivity index (χ2n) is 4.42. The lowest BCUT2D eigenvalue weighted by atomic mass is 10.2. The predicted octanol–water partition coefficient (Wildman–Crippen LogP) is 2.63. The van der Waals surface area contributed by atoms with Gasteiger partial charge in [-0.05, 0) is 18.6 Å². The molecule has 0 amide bonds. The first kappa shape index (κ1) is 14.5. The number of alkyl halides is 1. The van der Waals surface area contributed by atoms with Gasteiger partial charge in [0.25, 0.3) is 10.0 Å². The van der Waals surface area contributed by atoms with Gasteiger partial charge in [0, 0.05) is 24.0 Å². The summed E-state index contributed by atoms with van der Waals surface area (Å²) in [7, 11) is -3.51. The van der Waals surface area contributed by atoms with Crippen molar-refractivity contribution in [3.63, 3.8) is 0 Å². The number of nitrogens with zero attached hydrogens (tertiary/aromatic N) is 2. The van der Waals surface area contributed by atoms with E-state index in [1.165, 1.54) is 0 Å². The van der Waals surface area contributed by atoms with E-state index in [1.54, 1.807) is 12.1 Å². The lowest BCUT2D eigenvalue weighted by Crippen LogP contribution is -2.33. The predicted molar refractivity (Wildman–Crippen MR) is 80.4 cm³/mol. The molecule has 104 valence electrons. The fourth-order valence-corrected chi connectivity index (χ4v) is 3.75. The van der Waals surface area contributed by atoms with Crippen LogP contribution < -0.4 is 0 Å². The molecule has 0 aliphatic carbocycles. The normalized spacial score (nSPS) is 16.0. The Morgan fingerprint density at radius 1 is 1.26 bits per heavy atom. The van der Waals surface area contributed by atoms with E-state index in [-0.39, 0.29) is 0 Å². The van der Waals surface area contributed by atoms with Crippen molar-refractivity contribution in [2.75, 3.05) is 18.4 Å². The number of unbranched alkanes of at least 4 members (excludes halogenated alkanes) is 1. The minimum atomic E-state index is -3.51. The van der Waals surface area contributed by atoms with Crippen molar-refractivity contribution < 1.29 is 8.42 Å². The zero-order valence-corrected chi connectivity index (χ0v) is 13.2. The highest BCUT2D eigenvalue weighted by molar-refractivity contribution is 9.09. The monoisotopic (exact) mass is 344 g/mol. The average molecular weight is 345 g/mol. The Morgan fingerprint density at radius 3 is 2.68 bits per heavy atom. The van der Waals surface area contributed by atoms with Crippen molar-refractivity contribution in [2.24, 2.45) is 4.40 Å². The first-order chi connectivity index (χ1) is 9.10. The number of hydrogen-bond donors (Lipinski definition) is 0. The number of rotatable bonds is 5. The Hall–Kier alpha value is -0.880. The average Bonchev–Trinajstić information content (AvgIpc) is 2.67. The number of hydrogen-bond acceptors (Lipinski definition) is 3. The molecule has 0 saturated heterocycles. The number of sulfonamides is 1. The van der Waals surface area contributed by atoms with Gasteiger partial charge in [0.05, 0.1) is 0 Å². The van der Waals surface area contributed by atoms with Crippen molar-refractivity contribution in [3.05, 3.63) is 29.8 Å². The largest absolute Gasteiger partial charge is 0.355 e. The van der Waals surface area contributed by atoms with Crippen LogP contribution in [0, 0.1) is 0 Å². The highest BCUT2D eigenvalue weighted by Gasteiger charge is 2.31. The van der Waals surface area contributed by atoms with Crippen LogP contribution in [-0.2, 0) is 10.0 Å². The fraction of sp³-hybridized carbons (Fsp3) is 0.462. The van der Waals surface area contributed by atoms with Crippen LogP contribution in [0.4, 0.5) is 0 Å². The van der Waals surface area contributed by atoms with Crippen molar-refractivity contribution in [2.45, 2.75) is 24.7 Å². The molecular weight excluding hydrogens is 328 g/mol. The number of amidine groups is 1. The summed E-state index contributed by atoms with van der Waals surface area (Å²) in [6, 6.07) is 7.02. The number of fused-ring (bicyclic) bond motifs is 1. The topological polar surface area (TPSA) is 49.7 Å². The molecule has 1 aromatic rings. The Morgan fingerprint density at radius 2 is 2.00 bits per heavy atom. The molecule has 0 atom stereocenters. The molecule has 1 aliphatic heterocycles. The molecule has 0 saturated carbocycles. The molecule has 6 heteroatoms. The maximum Gasteiger partial charge on any atom is 0.285 e. The van der Waals surface area contributed by atoms with Crippen molar-refractivity contribution in [3.8, 4) is 0 Å². The van der Waals surface area contributed by atoms with Gasteiger partial charge >= 0.3 is 0 Å². The lowest BCUT2D eigenvalue weighted by Gasteiger charge is -2.23. The molecule has 1 aliphatic rings. The van der Waals surface area contributed by atoms with Gasteiger partial charge in [-0.3, -0.25) is 0 Å². The summed E-state index contributed by atoms with van der Waals surface area (Å²) in [5.74, 6) is 0.587. The van der Waals surface area contributed by atoms with Crippen molar-refractivity contribution in [1.82, 2.24) is 4.90 Å². The second-order valence-corrected chi connectivity index (χ2v) is 6.78. The molecule has 0 spiro atoms. The Balaban J connectivity index is 2.38. The van der Waals surface area contributed by atoms with Gasteiger partial charge in [0.1, 0.15) is 4.90 Å². The van der Waals surface area contributed by atoms with Crippen LogP contribution in [0.15, 0.2) is 33.6 Å². The van der Waals surface area contributed by atoms with E-state index in [9.17, 15) is 8.42 Å². The van der Waals surface area contributed by atoms with E-state index in [2.05, 4.69) is 27.3 Å². The van der Waals surface area contributed by atoms with E-state index in [4.69, 9.17) is 0 Å². The fourth-order valence-electron chi connectivity index (χ4n) is 2.09. The molecule has 19 heavy (non-hydrogen) atoms. The first-order valence-electron chi connectivity index (χ1n) is 6.35. The van der Waals surface area contributed by atoms with Crippen LogP contribution in [-0.4, -0.2) is 37.6 Å². The maximum atomic E-state index is 12.0. The third-order valence-electron chi connectivity index (χ3n) is 3.05. The van der Waals surface area contributed by atoms with Crippen LogP contribution >= 0.6 is 15.9 Å². The SMILES string of the molecule is CCCCN(CCBr)C1=NS(=O)(=O)c2ccccc21. The van der Waals surface area contributed by atoms with Crippen molar-refractivity contribution in [1.29, 1.82) is 0 Å². The van der Waals surface area contributed by atoms with E-state index < -0.39 is 10.0 Å². The van der Waals surface area contributed by atoms with Crippen LogP contribution in [0.2, 0.25) is 0 Å². The molecule has 1 aromatic carbocycles. The Bertz CT molecular complexity index is 584. The summed E-state index contributed by atoms with van der Waals surface area (Å²) < 4.78 is 28.0. The Kier molecular flexibility index (Phi) is 4.62. The van der Waals surface area contributed by atoms with Gasteiger partial charge in [-0.15, -0.1) is 4.40 Å². The molecule has 0 aromatic heterocycles. The minimum absolute atomic E-state index is 0.320.